The number of aromatic nitrogens is 2. The Labute approximate surface area is 135 Å². The summed E-state index contributed by atoms with van der Waals surface area (Å²) in [6.07, 6.45) is 7.63. The number of benzene rings is 1. The van der Waals surface area contributed by atoms with Gasteiger partial charge in [-0.25, -0.2) is 4.98 Å². The van der Waals surface area contributed by atoms with Crippen molar-refractivity contribution >= 4 is 11.0 Å². The maximum absolute atomic E-state index is 4.83. The molecule has 2 nitrogen and oxygen atoms in total. The molecule has 0 radical (unpaired) electrons. The summed E-state index contributed by atoms with van der Waals surface area (Å²) in [5.74, 6) is 1.23. The van der Waals surface area contributed by atoms with Crippen LogP contribution in [0.4, 0.5) is 0 Å². The van der Waals surface area contributed by atoms with E-state index in [1.807, 2.05) is 0 Å². The molecule has 122 valence electrons. The fraction of sp³-hybridized carbons (Fsp3) is 0.650. The molecule has 0 aliphatic heterocycles. The largest absolute Gasteiger partial charge is 0.328 e. The van der Waals surface area contributed by atoms with Gasteiger partial charge in [0.15, 0.2) is 0 Å². The summed E-state index contributed by atoms with van der Waals surface area (Å²) >= 11 is 0. The summed E-state index contributed by atoms with van der Waals surface area (Å²) in [5.41, 5.74) is 4.06. The topological polar surface area (TPSA) is 17.8 Å². The molecule has 0 N–H and O–H groups in total. The van der Waals surface area contributed by atoms with Crippen molar-refractivity contribution in [2.24, 2.45) is 0 Å². The molecular formula is C20H32N2. The SMILES string of the molecule is CCCCCCCn1c(CC)nc2ccc(C(C)(C)C)cc21. The van der Waals surface area contributed by atoms with E-state index in [1.54, 1.807) is 0 Å². The molecule has 1 aromatic heterocycles. The molecule has 0 aliphatic rings. The van der Waals surface area contributed by atoms with Crippen LogP contribution in [-0.2, 0) is 18.4 Å². The van der Waals surface area contributed by atoms with Gasteiger partial charge in [0.1, 0.15) is 5.82 Å². The first-order valence-electron chi connectivity index (χ1n) is 8.97. The van der Waals surface area contributed by atoms with Gasteiger partial charge >= 0.3 is 0 Å². The van der Waals surface area contributed by atoms with E-state index in [2.05, 4.69) is 57.4 Å². The molecule has 1 heterocycles. The van der Waals surface area contributed by atoms with Crippen molar-refractivity contribution in [3.8, 4) is 0 Å². The Morgan fingerprint density at radius 3 is 2.36 bits per heavy atom. The zero-order valence-corrected chi connectivity index (χ0v) is 15.1. The minimum atomic E-state index is 0.191. The highest BCUT2D eigenvalue weighted by atomic mass is 15.1. The van der Waals surface area contributed by atoms with Crippen LogP contribution in [0.2, 0.25) is 0 Å². The van der Waals surface area contributed by atoms with Crippen LogP contribution >= 0.6 is 0 Å². The van der Waals surface area contributed by atoms with Crippen molar-refractivity contribution in [1.82, 2.24) is 9.55 Å². The molecule has 2 aromatic rings. The highest BCUT2D eigenvalue weighted by molar-refractivity contribution is 5.77. The zero-order chi connectivity index (χ0) is 16.2. The molecular weight excluding hydrogens is 268 g/mol. The molecule has 1 aromatic carbocycles. The maximum Gasteiger partial charge on any atom is 0.109 e. The fourth-order valence-corrected chi connectivity index (χ4v) is 3.03. The Morgan fingerprint density at radius 2 is 1.73 bits per heavy atom. The van der Waals surface area contributed by atoms with Crippen molar-refractivity contribution in [1.29, 1.82) is 0 Å². The van der Waals surface area contributed by atoms with E-state index in [1.165, 1.54) is 49.0 Å². The van der Waals surface area contributed by atoms with Gasteiger partial charge in [-0.2, -0.15) is 0 Å². The fourth-order valence-electron chi connectivity index (χ4n) is 3.03. The summed E-state index contributed by atoms with van der Waals surface area (Å²) in [5, 5.41) is 0. The van der Waals surface area contributed by atoms with E-state index in [4.69, 9.17) is 4.98 Å². The Hall–Kier alpha value is -1.31. The second kappa shape index (κ2) is 7.30. The quantitative estimate of drug-likeness (QED) is 0.585. The van der Waals surface area contributed by atoms with Gasteiger partial charge < -0.3 is 4.57 Å². The summed E-state index contributed by atoms with van der Waals surface area (Å²) in [6, 6.07) is 6.79. The molecule has 0 saturated heterocycles. The highest BCUT2D eigenvalue weighted by Crippen LogP contribution is 2.27. The van der Waals surface area contributed by atoms with Gasteiger partial charge in [-0.05, 0) is 29.5 Å². The molecule has 0 saturated carbocycles. The molecule has 2 rings (SSSR count). The molecule has 0 amide bonds. The van der Waals surface area contributed by atoms with Crippen molar-refractivity contribution in [3.05, 3.63) is 29.6 Å². The molecule has 0 atom stereocenters. The van der Waals surface area contributed by atoms with Crippen molar-refractivity contribution in [3.63, 3.8) is 0 Å². The summed E-state index contributed by atoms with van der Waals surface area (Å²) in [6.45, 7) is 12.4. The van der Waals surface area contributed by atoms with Crippen molar-refractivity contribution in [2.75, 3.05) is 0 Å². The second-order valence-corrected chi connectivity index (χ2v) is 7.40. The number of rotatable bonds is 7. The Bertz CT molecular complexity index is 602. The molecule has 2 heteroatoms. The van der Waals surface area contributed by atoms with Gasteiger partial charge in [0.2, 0.25) is 0 Å². The third-order valence-corrected chi connectivity index (χ3v) is 4.49. The lowest BCUT2D eigenvalue weighted by molar-refractivity contribution is 0.562. The highest BCUT2D eigenvalue weighted by Gasteiger charge is 2.16. The van der Waals surface area contributed by atoms with Gasteiger partial charge in [0, 0.05) is 13.0 Å². The Kier molecular flexibility index (Phi) is 5.66. The average molecular weight is 300 g/mol. The van der Waals surface area contributed by atoms with E-state index in [-0.39, 0.29) is 5.41 Å². The van der Waals surface area contributed by atoms with Crippen LogP contribution in [0.3, 0.4) is 0 Å². The lowest BCUT2D eigenvalue weighted by Crippen LogP contribution is -2.11. The minimum absolute atomic E-state index is 0.191. The third kappa shape index (κ3) is 3.91. The van der Waals surface area contributed by atoms with Crippen LogP contribution in [-0.4, -0.2) is 9.55 Å². The molecule has 22 heavy (non-hydrogen) atoms. The van der Waals surface area contributed by atoms with Crippen LogP contribution in [0.1, 0.15) is 78.1 Å². The second-order valence-electron chi connectivity index (χ2n) is 7.40. The Balaban J connectivity index is 2.25. The van der Waals surface area contributed by atoms with Crippen LogP contribution in [0.25, 0.3) is 11.0 Å². The number of hydrogen-bond donors (Lipinski definition) is 0. The van der Waals surface area contributed by atoms with E-state index >= 15 is 0 Å². The standard InChI is InChI=1S/C20H32N2/c1-6-8-9-10-11-14-22-18-15-16(20(3,4)5)12-13-17(18)21-19(22)7-2/h12-13,15H,6-11,14H2,1-5H3. The van der Waals surface area contributed by atoms with E-state index in [0.717, 1.165) is 18.5 Å². The monoisotopic (exact) mass is 300 g/mol. The van der Waals surface area contributed by atoms with E-state index < -0.39 is 0 Å². The van der Waals surface area contributed by atoms with Crippen LogP contribution in [0.15, 0.2) is 18.2 Å². The predicted molar refractivity (Wildman–Crippen MR) is 96.6 cm³/mol. The van der Waals surface area contributed by atoms with Crippen LogP contribution < -0.4 is 0 Å². The normalized spacial score (nSPS) is 12.2. The first-order valence-corrected chi connectivity index (χ1v) is 8.97. The summed E-state index contributed by atoms with van der Waals surface area (Å²) in [4.78, 5) is 4.83. The number of imidazole rings is 1. The molecule has 0 aliphatic carbocycles. The molecule has 0 bridgehead atoms. The average Bonchev–Trinajstić information content (AvgIpc) is 2.83. The summed E-state index contributed by atoms with van der Waals surface area (Å²) in [7, 11) is 0. The van der Waals surface area contributed by atoms with Crippen molar-refractivity contribution in [2.45, 2.75) is 85.1 Å². The first-order chi connectivity index (χ1) is 10.5. The maximum atomic E-state index is 4.83. The van der Waals surface area contributed by atoms with Gasteiger partial charge in [0.05, 0.1) is 11.0 Å². The number of unbranched alkanes of at least 4 members (excludes halogenated alkanes) is 4. The number of nitrogens with zero attached hydrogens (tertiary/aromatic N) is 2. The molecule has 0 fully saturated rings. The van der Waals surface area contributed by atoms with Gasteiger partial charge in [-0.1, -0.05) is 66.4 Å². The summed E-state index contributed by atoms with van der Waals surface area (Å²) < 4.78 is 2.45. The van der Waals surface area contributed by atoms with Crippen molar-refractivity contribution < 1.29 is 0 Å². The van der Waals surface area contributed by atoms with Gasteiger partial charge in [-0.15, -0.1) is 0 Å². The first kappa shape index (κ1) is 17.1. The molecule has 0 unspecified atom stereocenters. The lowest BCUT2D eigenvalue weighted by Gasteiger charge is -2.19. The minimum Gasteiger partial charge on any atom is -0.328 e. The number of hydrogen-bond acceptors (Lipinski definition) is 1. The number of aryl methyl sites for hydroxylation is 2. The van der Waals surface area contributed by atoms with Crippen LogP contribution in [0.5, 0.6) is 0 Å². The predicted octanol–water partition coefficient (Wildman–Crippen LogP) is 5.87. The van der Waals surface area contributed by atoms with E-state index in [0.29, 0.717) is 0 Å². The zero-order valence-electron chi connectivity index (χ0n) is 15.1. The van der Waals surface area contributed by atoms with E-state index in [9.17, 15) is 0 Å². The molecule has 0 spiro atoms. The Morgan fingerprint density at radius 1 is 1.00 bits per heavy atom. The van der Waals surface area contributed by atoms with Crippen LogP contribution in [0, 0.1) is 0 Å². The smallest absolute Gasteiger partial charge is 0.109 e. The van der Waals surface area contributed by atoms with Gasteiger partial charge in [0.25, 0.3) is 0 Å². The number of fused-ring (bicyclic) bond motifs is 1. The van der Waals surface area contributed by atoms with Gasteiger partial charge in [-0.3, -0.25) is 0 Å². The third-order valence-electron chi connectivity index (χ3n) is 4.49. The lowest BCUT2D eigenvalue weighted by atomic mass is 9.87.